The molecule has 0 unspecified atom stereocenters. The molecule has 8 heteroatoms. The van der Waals surface area contributed by atoms with Crippen LogP contribution in [0.2, 0.25) is 5.02 Å². The molecule has 0 aromatic carbocycles. The van der Waals surface area contributed by atoms with Crippen molar-refractivity contribution in [2.75, 3.05) is 31.6 Å². The molecule has 0 aliphatic carbocycles. The molecule has 1 aliphatic heterocycles. The van der Waals surface area contributed by atoms with E-state index in [1.54, 1.807) is 12.3 Å². The molecule has 2 aromatic heterocycles. The van der Waals surface area contributed by atoms with Gasteiger partial charge in [-0.3, -0.25) is 9.69 Å². The number of carbonyl (C=O) groups excluding carboxylic acids is 1. The lowest BCUT2D eigenvalue weighted by Crippen LogP contribution is -2.35. The summed E-state index contributed by atoms with van der Waals surface area (Å²) in [6.07, 6.45) is 3.16. The number of morpholine rings is 1. The third-order valence-corrected chi connectivity index (χ3v) is 4.26. The van der Waals surface area contributed by atoms with Gasteiger partial charge >= 0.3 is 0 Å². The number of pyridine rings is 2. The van der Waals surface area contributed by atoms with Gasteiger partial charge in [0.15, 0.2) is 0 Å². The van der Waals surface area contributed by atoms with Crippen LogP contribution < -0.4 is 10.1 Å². The third kappa shape index (κ3) is 5.63. The van der Waals surface area contributed by atoms with Gasteiger partial charge in [-0.2, -0.15) is 0 Å². The second-order valence-electron chi connectivity index (χ2n) is 6.57. The van der Waals surface area contributed by atoms with Crippen molar-refractivity contribution in [3.63, 3.8) is 0 Å². The minimum atomic E-state index is -0.325. The van der Waals surface area contributed by atoms with Crippen molar-refractivity contribution >= 4 is 23.3 Å². The fourth-order valence-electron chi connectivity index (χ4n) is 2.66. The molecule has 1 N–H and O–H groups in total. The number of ether oxygens (including phenoxy) is 2. The molecule has 0 radical (unpaired) electrons. The van der Waals surface area contributed by atoms with Gasteiger partial charge in [0, 0.05) is 32.0 Å². The third-order valence-electron chi connectivity index (χ3n) is 3.99. The minimum Gasteiger partial charge on any atom is -0.474 e. The molecular weight excluding hydrogens is 368 g/mol. The average Bonchev–Trinajstić information content (AvgIpc) is 2.65. The molecule has 1 saturated heterocycles. The largest absolute Gasteiger partial charge is 0.474 e. The summed E-state index contributed by atoms with van der Waals surface area (Å²) in [7, 11) is 0. The van der Waals surface area contributed by atoms with E-state index >= 15 is 0 Å². The molecule has 3 heterocycles. The van der Waals surface area contributed by atoms with Crippen LogP contribution in [0.4, 0.5) is 5.82 Å². The zero-order valence-electron chi connectivity index (χ0n) is 15.4. The van der Waals surface area contributed by atoms with Crippen molar-refractivity contribution in [3.05, 3.63) is 46.7 Å². The van der Waals surface area contributed by atoms with E-state index in [1.807, 2.05) is 19.9 Å². The fraction of sp³-hybridized carbons (Fsp3) is 0.421. The maximum atomic E-state index is 12.4. The molecule has 0 atom stereocenters. The number of nitrogens with one attached hydrogen (secondary N) is 1. The van der Waals surface area contributed by atoms with E-state index in [0.29, 0.717) is 22.3 Å². The standard InChI is InChI=1S/C19H23ClN4O3/c1-13(2)27-19-16(20)9-15(11-22-19)18(25)23-17-4-3-14(10-21-17)12-24-5-7-26-8-6-24/h3-4,9-11,13H,5-8,12H2,1-2H3,(H,21,23,25). The second-order valence-corrected chi connectivity index (χ2v) is 6.98. The van der Waals surface area contributed by atoms with Crippen molar-refractivity contribution in [1.29, 1.82) is 0 Å². The Hall–Kier alpha value is -2.22. The first-order valence-corrected chi connectivity index (χ1v) is 9.27. The van der Waals surface area contributed by atoms with E-state index in [-0.39, 0.29) is 12.0 Å². The molecule has 2 aromatic rings. The van der Waals surface area contributed by atoms with Crippen LogP contribution in [0.5, 0.6) is 5.88 Å². The molecule has 0 spiro atoms. The maximum absolute atomic E-state index is 12.4. The lowest BCUT2D eigenvalue weighted by atomic mass is 10.2. The summed E-state index contributed by atoms with van der Waals surface area (Å²) in [4.78, 5) is 23.1. The number of carbonyl (C=O) groups is 1. The lowest BCUT2D eigenvalue weighted by molar-refractivity contribution is 0.0341. The molecule has 0 bridgehead atoms. The Balaban J connectivity index is 1.59. The number of anilines is 1. The van der Waals surface area contributed by atoms with Crippen molar-refractivity contribution < 1.29 is 14.3 Å². The molecule has 0 saturated carbocycles. The Morgan fingerprint density at radius 3 is 2.70 bits per heavy atom. The van der Waals surface area contributed by atoms with Gasteiger partial charge in [-0.15, -0.1) is 0 Å². The molecular formula is C19H23ClN4O3. The zero-order chi connectivity index (χ0) is 19.2. The Morgan fingerprint density at radius 2 is 2.07 bits per heavy atom. The summed E-state index contributed by atoms with van der Waals surface area (Å²) >= 11 is 6.14. The maximum Gasteiger partial charge on any atom is 0.258 e. The van der Waals surface area contributed by atoms with Crippen LogP contribution in [0.3, 0.4) is 0 Å². The molecule has 1 amide bonds. The van der Waals surface area contributed by atoms with E-state index in [4.69, 9.17) is 21.1 Å². The highest BCUT2D eigenvalue weighted by atomic mass is 35.5. The van der Waals surface area contributed by atoms with Crippen molar-refractivity contribution in [2.45, 2.75) is 26.5 Å². The summed E-state index contributed by atoms with van der Waals surface area (Å²) in [5.74, 6) is 0.465. The monoisotopic (exact) mass is 390 g/mol. The Kier molecular flexibility index (Phi) is 6.60. The van der Waals surface area contributed by atoms with E-state index in [9.17, 15) is 4.79 Å². The minimum absolute atomic E-state index is 0.0464. The summed E-state index contributed by atoms with van der Waals surface area (Å²) in [5, 5.41) is 3.05. The van der Waals surface area contributed by atoms with Crippen LogP contribution in [-0.4, -0.2) is 53.2 Å². The number of nitrogens with zero attached hydrogens (tertiary/aromatic N) is 3. The summed E-state index contributed by atoms with van der Waals surface area (Å²) in [5.41, 5.74) is 1.44. The number of hydrogen-bond acceptors (Lipinski definition) is 6. The van der Waals surface area contributed by atoms with E-state index in [1.165, 1.54) is 12.3 Å². The highest BCUT2D eigenvalue weighted by molar-refractivity contribution is 6.32. The van der Waals surface area contributed by atoms with Crippen LogP contribution in [0.25, 0.3) is 0 Å². The highest BCUT2D eigenvalue weighted by Gasteiger charge is 2.14. The van der Waals surface area contributed by atoms with Gasteiger partial charge in [-0.1, -0.05) is 17.7 Å². The van der Waals surface area contributed by atoms with E-state index in [0.717, 1.165) is 38.4 Å². The molecule has 27 heavy (non-hydrogen) atoms. The van der Waals surface area contributed by atoms with Gasteiger partial charge in [0.05, 0.1) is 24.9 Å². The van der Waals surface area contributed by atoms with Gasteiger partial charge in [0.25, 0.3) is 5.91 Å². The van der Waals surface area contributed by atoms with Crippen LogP contribution >= 0.6 is 11.6 Å². The number of amides is 1. The van der Waals surface area contributed by atoms with Gasteiger partial charge in [0.2, 0.25) is 5.88 Å². The first-order valence-electron chi connectivity index (χ1n) is 8.90. The topological polar surface area (TPSA) is 76.6 Å². The summed E-state index contributed by atoms with van der Waals surface area (Å²) in [6, 6.07) is 5.29. The predicted octanol–water partition coefficient (Wildman–Crippen LogP) is 3.00. The van der Waals surface area contributed by atoms with E-state index in [2.05, 4.69) is 20.2 Å². The van der Waals surface area contributed by atoms with Crippen molar-refractivity contribution in [3.8, 4) is 5.88 Å². The normalized spacial score (nSPS) is 15.0. The fourth-order valence-corrected chi connectivity index (χ4v) is 2.87. The highest BCUT2D eigenvalue weighted by Crippen LogP contribution is 2.23. The first-order chi connectivity index (χ1) is 13.0. The van der Waals surface area contributed by atoms with Crippen LogP contribution in [0.1, 0.15) is 29.8 Å². The van der Waals surface area contributed by atoms with Crippen LogP contribution in [0, 0.1) is 0 Å². The van der Waals surface area contributed by atoms with Crippen molar-refractivity contribution in [1.82, 2.24) is 14.9 Å². The quantitative estimate of drug-likeness (QED) is 0.817. The molecule has 7 nitrogen and oxygen atoms in total. The molecule has 1 fully saturated rings. The lowest BCUT2D eigenvalue weighted by Gasteiger charge is -2.26. The second kappa shape index (κ2) is 9.12. The van der Waals surface area contributed by atoms with Crippen molar-refractivity contribution in [2.24, 2.45) is 0 Å². The summed E-state index contributed by atoms with van der Waals surface area (Å²) in [6.45, 7) is 7.95. The average molecular weight is 391 g/mol. The number of aromatic nitrogens is 2. The smallest absolute Gasteiger partial charge is 0.258 e. The molecule has 1 aliphatic rings. The van der Waals surface area contributed by atoms with Gasteiger partial charge in [0.1, 0.15) is 10.8 Å². The number of halogens is 1. The van der Waals surface area contributed by atoms with Gasteiger partial charge < -0.3 is 14.8 Å². The number of rotatable bonds is 6. The summed E-state index contributed by atoms with van der Waals surface area (Å²) < 4.78 is 10.8. The van der Waals surface area contributed by atoms with E-state index < -0.39 is 0 Å². The van der Waals surface area contributed by atoms with Crippen LogP contribution in [0.15, 0.2) is 30.6 Å². The molecule has 3 rings (SSSR count). The van der Waals surface area contributed by atoms with Gasteiger partial charge in [-0.25, -0.2) is 9.97 Å². The zero-order valence-corrected chi connectivity index (χ0v) is 16.2. The predicted molar refractivity (Wildman–Crippen MR) is 103 cm³/mol. The Labute approximate surface area is 163 Å². The van der Waals surface area contributed by atoms with Crippen LogP contribution in [-0.2, 0) is 11.3 Å². The molecule has 144 valence electrons. The first kappa shape index (κ1) is 19.5. The Bertz CT molecular complexity index is 777. The number of hydrogen-bond donors (Lipinski definition) is 1. The van der Waals surface area contributed by atoms with Gasteiger partial charge in [-0.05, 0) is 31.5 Å². The Morgan fingerprint density at radius 1 is 1.30 bits per heavy atom. The SMILES string of the molecule is CC(C)Oc1ncc(C(=O)Nc2ccc(CN3CCOCC3)cn2)cc1Cl.